The van der Waals surface area contributed by atoms with Gasteiger partial charge >= 0.3 is 5.97 Å². The van der Waals surface area contributed by atoms with E-state index in [1.54, 1.807) is 7.05 Å². The van der Waals surface area contributed by atoms with Crippen LogP contribution in [0.1, 0.15) is 136 Å². The number of nitrogens with zero attached hydrogens (tertiary/aromatic N) is 1. The second-order valence-corrected chi connectivity index (χ2v) is 10.9. The van der Waals surface area contributed by atoms with Crippen LogP contribution in [0.4, 0.5) is 0 Å². The van der Waals surface area contributed by atoms with E-state index in [1.165, 1.54) is 24.2 Å². The molecule has 0 aromatic rings. The van der Waals surface area contributed by atoms with E-state index >= 15 is 0 Å². The molecule has 0 saturated carbocycles. The standard InChI is InChI=1S/C34H63NO6/c1-5-8-11-14-17-20-24-32(37)35(4)31(29-36)30-41-33(38)25-23-26-34(39-27-21-18-15-12-9-6-2)40-28-22-19-16-13-10-7-3/h9-10,12-13,31,34,36H,5-8,11,14-30H2,1-4H3/b12-9-,13-10-. The number of aliphatic hydroxyl groups excluding tert-OH is 1. The highest BCUT2D eigenvalue weighted by atomic mass is 16.7. The number of rotatable bonds is 29. The van der Waals surface area contributed by atoms with E-state index < -0.39 is 6.04 Å². The van der Waals surface area contributed by atoms with Crippen LogP contribution in [-0.2, 0) is 23.8 Å². The second-order valence-electron chi connectivity index (χ2n) is 10.9. The average molecular weight is 582 g/mol. The highest BCUT2D eigenvalue weighted by Crippen LogP contribution is 2.13. The SMILES string of the molecule is CC/C=C\CCCCOC(CCCC(=O)OCC(CO)N(C)C(=O)CCCCCCCC)OCCCC/C=C\CC. The van der Waals surface area contributed by atoms with Crippen molar-refractivity contribution >= 4 is 11.9 Å². The maximum absolute atomic E-state index is 12.5. The van der Waals surface area contributed by atoms with Gasteiger partial charge in [0, 0.05) is 33.1 Å². The first-order valence-corrected chi connectivity index (χ1v) is 16.5. The van der Waals surface area contributed by atoms with Gasteiger partial charge in [-0.05, 0) is 70.6 Å². The van der Waals surface area contributed by atoms with Gasteiger partial charge in [0.25, 0.3) is 0 Å². The van der Waals surface area contributed by atoms with Crippen LogP contribution in [0.25, 0.3) is 0 Å². The van der Waals surface area contributed by atoms with Crippen LogP contribution in [0.3, 0.4) is 0 Å². The molecule has 0 saturated heterocycles. The molecule has 240 valence electrons. The summed E-state index contributed by atoms with van der Waals surface area (Å²) in [7, 11) is 1.67. The van der Waals surface area contributed by atoms with Crippen molar-refractivity contribution < 1.29 is 28.9 Å². The molecule has 1 unspecified atom stereocenters. The number of hydrogen-bond acceptors (Lipinski definition) is 6. The number of likely N-dealkylation sites (N-methyl/N-ethyl adjacent to an activating group) is 1. The maximum atomic E-state index is 12.5. The summed E-state index contributed by atoms with van der Waals surface area (Å²) in [6.07, 6.45) is 25.5. The van der Waals surface area contributed by atoms with Crippen molar-refractivity contribution in [3.8, 4) is 0 Å². The zero-order chi connectivity index (χ0) is 30.4. The number of aliphatic hydroxyl groups is 1. The van der Waals surface area contributed by atoms with Crippen molar-refractivity contribution in [2.24, 2.45) is 0 Å². The van der Waals surface area contributed by atoms with Crippen LogP contribution < -0.4 is 0 Å². The van der Waals surface area contributed by atoms with Gasteiger partial charge in [0.05, 0.1) is 12.6 Å². The Morgan fingerprint density at radius 2 is 1.32 bits per heavy atom. The van der Waals surface area contributed by atoms with Gasteiger partial charge in [0.15, 0.2) is 6.29 Å². The molecule has 1 N–H and O–H groups in total. The summed E-state index contributed by atoms with van der Waals surface area (Å²) >= 11 is 0. The number of amides is 1. The molecule has 0 aromatic carbocycles. The molecule has 0 rings (SSSR count). The first kappa shape index (κ1) is 39.3. The number of carbonyl (C=O) groups is 2. The normalized spacial score (nSPS) is 12.5. The molecule has 0 heterocycles. The van der Waals surface area contributed by atoms with Gasteiger partial charge in [-0.25, -0.2) is 0 Å². The average Bonchev–Trinajstić information content (AvgIpc) is 2.97. The number of allylic oxidation sites excluding steroid dienone is 4. The molecule has 0 fully saturated rings. The Labute approximate surface area is 252 Å². The monoisotopic (exact) mass is 581 g/mol. The Kier molecular flexibility index (Phi) is 28.5. The highest BCUT2D eigenvalue weighted by Gasteiger charge is 2.21. The topological polar surface area (TPSA) is 85.3 Å². The summed E-state index contributed by atoms with van der Waals surface area (Å²) in [5.74, 6) is -0.347. The summed E-state index contributed by atoms with van der Waals surface area (Å²) in [6, 6.07) is -0.523. The van der Waals surface area contributed by atoms with E-state index in [9.17, 15) is 14.7 Å². The van der Waals surface area contributed by atoms with E-state index in [2.05, 4.69) is 45.1 Å². The van der Waals surface area contributed by atoms with Crippen molar-refractivity contribution in [2.45, 2.75) is 149 Å². The van der Waals surface area contributed by atoms with E-state index in [-0.39, 0.29) is 37.8 Å². The zero-order valence-electron chi connectivity index (χ0n) is 27.0. The van der Waals surface area contributed by atoms with E-state index in [0.717, 1.165) is 70.6 Å². The molecule has 7 heteroatoms. The Morgan fingerprint density at radius 1 is 0.732 bits per heavy atom. The fraction of sp³-hybridized carbons (Fsp3) is 0.824. The lowest BCUT2D eigenvalue weighted by Crippen LogP contribution is -2.42. The van der Waals surface area contributed by atoms with Crippen LogP contribution in [0.5, 0.6) is 0 Å². The van der Waals surface area contributed by atoms with Crippen LogP contribution in [0, 0.1) is 0 Å². The molecule has 41 heavy (non-hydrogen) atoms. The Morgan fingerprint density at radius 3 is 1.88 bits per heavy atom. The Balaban J connectivity index is 4.40. The van der Waals surface area contributed by atoms with Gasteiger partial charge in [0.1, 0.15) is 6.61 Å². The molecule has 7 nitrogen and oxygen atoms in total. The highest BCUT2D eigenvalue weighted by molar-refractivity contribution is 5.76. The summed E-state index contributed by atoms with van der Waals surface area (Å²) in [4.78, 5) is 26.4. The van der Waals surface area contributed by atoms with E-state index in [4.69, 9.17) is 14.2 Å². The lowest BCUT2D eigenvalue weighted by molar-refractivity contribution is -0.153. The molecule has 0 aliphatic heterocycles. The number of esters is 1. The van der Waals surface area contributed by atoms with Crippen LogP contribution in [0.15, 0.2) is 24.3 Å². The summed E-state index contributed by atoms with van der Waals surface area (Å²) in [5, 5.41) is 9.78. The molecule has 0 aliphatic rings. The van der Waals surface area contributed by atoms with Gasteiger partial charge in [-0.3, -0.25) is 9.59 Å². The van der Waals surface area contributed by atoms with Gasteiger partial charge in [-0.15, -0.1) is 0 Å². The molecule has 0 aromatic heterocycles. The quantitative estimate of drug-likeness (QED) is 0.0418. The number of ether oxygens (including phenoxy) is 3. The third-order valence-corrected chi connectivity index (χ3v) is 7.10. The molecule has 0 radical (unpaired) electrons. The maximum Gasteiger partial charge on any atom is 0.305 e. The molecule has 1 amide bonds. The van der Waals surface area contributed by atoms with Gasteiger partial charge in [-0.2, -0.15) is 0 Å². The Bertz CT molecular complexity index is 642. The molecule has 0 spiro atoms. The third-order valence-electron chi connectivity index (χ3n) is 7.10. The second kappa shape index (κ2) is 29.8. The van der Waals surface area contributed by atoms with Gasteiger partial charge < -0.3 is 24.2 Å². The minimum absolute atomic E-state index is 0.00343. The molecular weight excluding hydrogens is 518 g/mol. The van der Waals surface area contributed by atoms with Crippen LogP contribution in [-0.4, -0.2) is 67.7 Å². The van der Waals surface area contributed by atoms with Crippen molar-refractivity contribution in [1.82, 2.24) is 4.90 Å². The van der Waals surface area contributed by atoms with Crippen LogP contribution in [0.2, 0.25) is 0 Å². The minimum Gasteiger partial charge on any atom is -0.463 e. The summed E-state index contributed by atoms with van der Waals surface area (Å²) in [6.45, 7) is 7.52. The smallest absolute Gasteiger partial charge is 0.305 e. The summed E-state index contributed by atoms with van der Waals surface area (Å²) in [5.41, 5.74) is 0. The number of carbonyl (C=O) groups excluding carboxylic acids is 2. The Hall–Kier alpha value is -1.70. The van der Waals surface area contributed by atoms with Crippen molar-refractivity contribution in [1.29, 1.82) is 0 Å². The van der Waals surface area contributed by atoms with Crippen molar-refractivity contribution in [3.05, 3.63) is 24.3 Å². The van der Waals surface area contributed by atoms with E-state index in [0.29, 0.717) is 32.5 Å². The first-order valence-electron chi connectivity index (χ1n) is 16.5. The first-order chi connectivity index (χ1) is 20.0. The van der Waals surface area contributed by atoms with Crippen molar-refractivity contribution in [2.75, 3.05) is 33.5 Å². The molecule has 1 atom stereocenters. The van der Waals surface area contributed by atoms with E-state index in [1.807, 2.05) is 0 Å². The van der Waals surface area contributed by atoms with Crippen LogP contribution >= 0.6 is 0 Å². The summed E-state index contributed by atoms with van der Waals surface area (Å²) < 4.78 is 17.5. The predicted octanol–water partition coefficient (Wildman–Crippen LogP) is 7.90. The molecular formula is C34H63NO6. The number of unbranched alkanes of at least 4 members (excludes halogenated alkanes) is 9. The largest absolute Gasteiger partial charge is 0.463 e. The van der Waals surface area contributed by atoms with Gasteiger partial charge in [-0.1, -0.05) is 77.2 Å². The molecule has 0 aliphatic carbocycles. The van der Waals surface area contributed by atoms with Crippen molar-refractivity contribution in [3.63, 3.8) is 0 Å². The lowest BCUT2D eigenvalue weighted by Gasteiger charge is -2.26. The third kappa shape index (κ3) is 24.6. The van der Waals surface area contributed by atoms with Gasteiger partial charge in [0.2, 0.25) is 5.91 Å². The number of hydrogen-bond donors (Lipinski definition) is 1. The predicted molar refractivity (Wildman–Crippen MR) is 169 cm³/mol. The molecule has 0 bridgehead atoms. The zero-order valence-corrected chi connectivity index (χ0v) is 27.0. The fourth-order valence-corrected chi connectivity index (χ4v) is 4.34. The lowest BCUT2D eigenvalue weighted by atomic mass is 10.1. The minimum atomic E-state index is -0.523. The fourth-order valence-electron chi connectivity index (χ4n) is 4.34.